The molecule has 2 N–H and O–H groups in total. The van der Waals surface area contributed by atoms with Crippen molar-refractivity contribution in [3.8, 4) is 11.1 Å². The number of nitrogens with two attached hydrogens (primary N) is 1. The molecule has 4 rings (SSSR count). The quantitative estimate of drug-likeness (QED) is 0.682. The van der Waals surface area contributed by atoms with E-state index in [0.29, 0.717) is 31.7 Å². The third kappa shape index (κ3) is 4.55. The van der Waals surface area contributed by atoms with Gasteiger partial charge in [0.25, 0.3) is 0 Å². The molecule has 7 nitrogen and oxygen atoms in total. The zero-order chi connectivity index (χ0) is 21.1. The number of carbonyl (C=O) groups is 2. The highest BCUT2D eigenvalue weighted by atomic mass is 32.1. The maximum absolute atomic E-state index is 12.7. The number of aromatic nitrogens is 2. The fourth-order valence-corrected chi connectivity index (χ4v) is 4.04. The highest BCUT2D eigenvalue weighted by Gasteiger charge is 2.26. The van der Waals surface area contributed by atoms with Gasteiger partial charge in [-0.25, -0.2) is 4.98 Å². The lowest BCUT2D eigenvalue weighted by atomic mass is 10.0. The van der Waals surface area contributed by atoms with Crippen LogP contribution in [0, 0.1) is 6.92 Å². The SMILES string of the molecule is Cc1nc(CC(=O)N2CCOC(c3ccc(-c4cccc(C(N)=O)c4)cn3)C2)cs1. The average Bonchev–Trinajstić information content (AvgIpc) is 3.18. The van der Waals surface area contributed by atoms with Gasteiger partial charge >= 0.3 is 0 Å². The molecule has 1 atom stereocenters. The van der Waals surface area contributed by atoms with Gasteiger partial charge in [0, 0.05) is 29.2 Å². The number of aryl methyl sites for hydroxylation is 1. The molecule has 8 heteroatoms. The minimum absolute atomic E-state index is 0.0495. The molecule has 2 amide bonds. The van der Waals surface area contributed by atoms with Gasteiger partial charge in [0.2, 0.25) is 11.8 Å². The molecule has 0 spiro atoms. The molecule has 1 fully saturated rings. The number of pyridine rings is 1. The molecule has 3 aromatic rings. The molecule has 0 radical (unpaired) electrons. The van der Waals surface area contributed by atoms with Gasteiger partial charge in [-0.05, 0) is 30.7 Å². The largest absolute Gasteiger partial charge is 0.368 e. The van der Waals surface area contributed by atoms with Crippen LogP contribution in [0.3, 0.4) is 0 Å². The molecule has 0 bridgehead atoms. The van der Waals surface area contributed by atoms with Crippen molar-refractivity contribution in [3.63, 3.8) is 0 Å². The highest BCUT2D eigenvalue weighted by molar-refractivity contribution is 7.09. The van der Waals surface area contributed by atoms with Crippen LogP contribution in [0.2, 0.25) is 0 Å². The van der Waals surface area contributed by atoms with Crippen LogP contribution in [0.1, 0.15) is 32.9 Å². The Morgan fingerprint density at radius 2 is 2.13 bits per heavy atom. The fourth-order valence-electron chi connectivity index (χ4n) is 3.43. The number of hydrogen-bond acceptors (Lipinski definition) is 6. The van der Waals surface area contributed by atoms with Gasteiger partial charge in [-0.15, -0.1) is 11.3 Å². The van der Waals surface area contributed by atoms with Gasteiger partial charge in [0.1, 0.15) is 6.10 Å². The molecular formula is C22H22N4O3S. The molecule has 1 saturated heterocycles. The van der Waals surface area contributed by atoms with Crippen molar-refractivity contribution < 1.29 is 14.3 Å². The molecule has 2 aromatic heterocycles. The third-order valence-electron chi connectivity index (χ3n) is 5.01. The lowest BCUT2D eigenvalue weighted by Gasteiger charge is -2.32. The first-order chi connectivity index (χ1) is 14.5. The first kappa shape index (κ1) is 20.2. The van der Waals surface area contributed by atoms with E-state index in [1.54, 1.807) is 35.7 Å². The Bertz CT molecular complexity index is 1060. The molecule has 1 aliphatic heterocycles. The van der Waals surface area contributed by atoms with E-state index >= 15 is 0 Å². The molecule has 0 saturated carbocycles. The first-order valence-corrected chi connectivity index (χ1v) is 10.5. The number of hydrogen-bond donors (Lipinski definition) is 1. The Balaban J connectivity index is 1.44. The highest BCUT2D eigenvalue weighted by Crippen LogP contribution is 2.25. The van der Waals surface area contributed by atoms with Crippen molar-refractivity contribution in [2.75, 3.05) is 19.7 Å². The second-order valence-corrected chi connectivity index (χ2v) is 8.21. The molecule has 1 aliphatic rings. The number of primary amides is 1. The van der Waals surface area contributed by atoms with Gasteiger partial charge in [-0.1, -0.05) is 18.2 Å². The normalized spacial score (nSPS) is 16.4. The number of nitrogens with zero attached hydrogens (tertiary/aromatic N) is 3. The summed E-state index contributed by atoms with van der Waals surface area (Å²) in [6.45, 7) is 3.43. The van der Waals surface area contributed by atoms with Crippen molar-refractivity contribution in [2.45, 2.75) is 19.4 Å². The number of amides is 2. The van der Waals surface area contributed by atoms with Crippen molar-refractivity contribution in [3.05, 3.63) is 69.9 Å². The Morgan fingerprint density at radius 3 is 2.83 bits per heavy atom. The number of morpholine rings is 1. The molecular weight excluding hydrogens is 400 g/mol. The number of benzene rings is 1. The van der Waals surface area contributed by atoms with E-state index in [4.69, 9.17) is 10.5 Å². The van der Waals surface area contributed by atoms with Crippen molar-refractivity contribution in [1.29, 1.82) is 0 Å². The summed E-state index contributed by atoms with van der Waals surface area (Å²) in [5, 5.41) is 2.89. The third-order valence-corrected chi connectivity index (χ3v) is 5.84. The van der Waals surface area contributed by atoms with E-state index in [0.717, 1.165) is 27.5 Å². The standard InChI is InChI=1S/C22H22N4O3S/c1-14-25-18(13-30-14)10-21(27)26-7-8-29-20(12-26)19-6-5-17(11-24-19)15-3-2-4-16(9-15)22(23)28/h2-6,9,11,13,20H,7-8,10,12H2,1H3,(H2,23,28). The van der Waals surface area contributed by atoms with Gasteiger partial charge in [-0.2, -0.15) is 0 Å². The van der Waals surface area contributed by atoms with E-state index in [1.807, 2.05) is 35.4 Å². The van der Waals surface area contributed by atoms with Crippen LogP contribution in [0.25, 0.3) is 11.1 Å². The minimum Gasteiger partial charge on any atom is -0.368 e. The Morgan fingerprint density at radius 1 is 1.27 bits per heavy atom. The number of thiazole rings is 1. The summed E-state index contributed by atoms with van der Waals surface area (Å²) in [6.07, 6.45) is 1.78. The molecule has 3 heterocycles. The fraction of sp³-hybridized carbons (Fsp3) is 0.273. The Hall–Kier alpha value is -3.10. The van der Waals surface area contributed by atoms with E-state index in [9.17, 15) is 9.59 Å². The lowest BCUT2D eigenvalue weighted by Crippen LogP contribution is -2.43. The van der Waals surface area contributed by atoms with Crippen molar-refractivity contribution in [1.82, 2.24) is 14.9 Å². The van der Waals surface area contributed by atoms with E-state index < -0.39 is 5.91 Å². The number of carbonyl (C=O) groups excluding carboxylic acids is 2. The zero-order valence-corrected chi connectivity index (χ0v) is 17.4. The second kappa shape index (κ2) is 8.73. The zero-order valence-electron chi connectivity index (χ0n) is 16.6. The molecule has 154 valence electrons. The lowest BCUT2D eigenvalue weighted by molar-refractivity contribution is -0.138. The second-order valence-electron chi connectivity index (χ2n) is 7.15. The van der Waals surface area contributed by atoms with Crippen LogP contribution in [0.5, 0.6) is 0 Å². The van der Waals surface area contributed by atoms with Gasteiger partial charge in [0.05, 0.1) is 36.0 Å². The summed E-state index contributed by atoms with van der Waals surface area (Å²) < 4.78 is 5.86. The summed E-state index contributed by atoms with van der Waals surface area (Å²) >= 11 is 1.55. The van der Waals surface area contributed by atoms with Crippen LogP contribution < -0.4 is 5.73 Å². The predicted octanol–water partition coefficient (Wildman–Crippen LogP) is 2.76. The van der Waals surface area contributed by atoms with Crippen molar-refractivity contribution >= 4 is 23.2 Å². The summed E-state index contributed by atoms with van der Waals surface area (Å²) in [7, 11) is 0. The number of rotatable bonds is 5. The van der Waals surface area contributed by atoms with Gasteiger partial charge in [0.15, 0.2) is 0 Å². The van der Waals surface area contributed by atoms with E-state index in [1.165, 1.54) is 0 Å². The minimum atomic E-state index is -0.463. The van der Waals surface area contributed by atoms with E-state index in [2.05, 4.69) is 9.97 Å². The number of ether oxygens (including phenoxy) is 1. The first-order valence-electron chi connectivity index (χ1n) is 9.66. The summed E-state index contributed by atoms with van der Waals surface area (Å²) in [5.41, 5.74) is 9.14. The van der Waals surface area contributed by atoms with Crippen LogP contribution in [0.15, 0.2) is 48.0 Å². The van der Waals surface area contributed by atoms with E-state index in [-0.39, 0.29) is 12.0 Å². The maximum atomic E-state index is 12.7. The van der Waals surface area contributed by atoms with Crippen LogP contribution in [-0.2, 0) is 16.0 Å². The molecule has 1 aromatic carbocycles. The Kier molecular flexibility index (Phi) is 5.87. The summed E-state index contributed by atoms with van der Waals surface area (Å²) in [6, 6.07) is 11.0. The summed E-state index contributed by atoms with van der Waals surface area (Å²) in [5.74, 6) is -0.414. The maximum Gasteiger partial charge on any atom is 0.248 e. The average molecular weight is 423 g/mol. The van der Waals surface area contributed by atoms with Crippen molar-refractivity contribution in [2.24, 2.45) is 5.73 Å². The summed E-state index contributed by atoms with van der Waals surface area (Å²) in [4.78, 5) is 34.8. The topological polar surface area (TPSA) is 98.4 Å². The van der Waals surface area contributed by atoms with Gasteiger partial charge < -0.3 is 15.4 Å². The molecule has 0 aliphatic carbocycles. The van der Waals surface area contributed by atoms with Crippen LogP contribution in [-0.4, -0.2) is 46.4 Å². The molecule has 30 heavy (non-hydrogen) atoms. The predicted molar refractivity (Wildman–Crippen MR) is 114 cm³/mol. The monoisotopic (exact) mass is 422 g/mol. The van der Waals surface area contributed by atoms with Gasteiger partial charge in [-0.3, -0.25) is 14.6 Å². The Labute approximate surface area is 178 Å². The van der Waals surface area contributed by atoms with Crippen LogP contribution in [0.4, 0.5) is 0 Å². The smallest absolute Gasteiger partial charge is 0.248 e. The van der Waals surface area contributed by atoms with Crippen LogP contribution >= 0.6 is 11.3 Å². The molecule has 1 unspecified atom stereocenters.